The van der Waals surface area contributed by atoms with Crippen LogP contribution in [0.4, 0.5) is 0 Å². The molecule has 0 aromatic rings. The van der Waals surface area contributed by atoms with E-state index in [1.54, 1.807) is 0 Å². The van der Waals surface area contributed by atoms with Gasteiger partial charge in [-0.3, -0.25) is 0 Å². The molecule has 4 nitrogen and oxygen atoms in total. The van der Waals surface area contributed by atoms with E-state index in [1.807, 2.05) is 0 Å². The van der Waals surface area contributed by atoms with E-state index in [-0.39, 0.29) is 40.6 Å². The normalized spacial score (nSPS) is 10.0. The molecule has 0 spiro atoms. The van der Waals surface area contributed by atoms with E-state index in [0.717, 1.165) is 0 Å². The van der Waals surface area contributed by atoms with E-state index >= 15 is 0 Å². The summed E-state index contributed by atoms with van der Waals surface area (Å²) in [6.07, 6.45) is 0. The van der Waals surface area contributed by atoms with Crippen LogP contribution in [0, 0.1) is 0 Å². The Morgan fingerprint density at radius 1 is 1.00 bits per heavy atom. The SMILES string of the molecule is O[Si](O)(O)O.[Ca+2].[H-].[H-]. The van der Waals surface area contributed by atoms with Crippen LogP contribution in [0.2, 0.25) is 0 Å². The monoisotopic (exact) mass is 138 g/mol. The van der Waals surface area contributed by atoms with Crippen molar-refractivity contribution in [2.24, 2.45) is 0 Å². The van der Waals surface area contributed by atoms with Crippen molar-refractivity contribution in [2.45, 2.75) is 0 Å². The van der Waals surface area contributed by atoms with Gasteiger partial charge < -0.3 is 22.0 Å². The zero-order chi connectivity index (χ0) is 4.50. The predicted molar refractivity (Wildman–Crippen MR) is 22.6 cm³/mol. The molecule has 0 rings (SSSR count). The van der Waals surface area contributed by atoms with E-state index in [9.17, 15) is 0 Å². The Morgan fingerprint density at radius 3 is 1.00 bits per heavy atom. The molecule has 0 aliphatic heterocycles. The van der Waals surface area contributed by atoms with Crippen LogP contribution >= 0.6 is 0 Å². The molecule has 0 saturated carbocycles. The molecule has 0 heterocycles. The van der Waals surface area contributed by atoms with Crippen LogP contribution in [0.3, 0.4) is 0 Å². The van der Waals surface area contributed by atoms with Crippen LogP contribution in [0.25, 0.3) is 0 Å². The van der Waals surface area contributed by atoms with Crippen LogP contribution < -0.4 is 0 Å². The van der Waals surface area contributed by atoms with Crippen LogP contribution in [0.5, 0.6) is 0 Å². The first-order valence-corrected chi connectivity index (χ1v) is 2.68. The third kappa shape index (κ3) is 57.1. The van der Waals surface area contributed by atoms with Crippen molar-refractivity contribution >= 4 is 46.8 Å². The summed E-state index contributed by atoms with van der Waals surface area (Å²) in [5, 5.41) is 0. The molecule has 0 bridgehead atoms. The molecule has 0 aliphatic rings. The first-order valence-electron chi connectivity index (χ1n) is 0.894. The Balaban J connectivity index is -0.0000000267. The zero-order valence-corrected chi connectivity index (χ0v) is 6.20. The second-order valence-corrected chi connectivity index (χ2v) is 1.80. The Morgan fingerprint density at radius 2 is 1.00 bits per heavy atom. The minimum absolute atomic E-state index is 0. The largest absolute Gasteiger partial charge is 2.00 e. The van der Waals surface area contributed by atoms with Gasteiger partial charge in [0.05, 0.1) is 0 Å². The van der Waals surface area contributed by atoms with Crippen molar-refractivity contribution in [3.63, 3.8) is 0 Å². The van der Waals surface area contributed by atoms with Crippen molar-refractivity contribution in [3.8, 4) is 0 Å². The molecule has 0 unspecified atom stereocenters. The average molecular weight is 138 g/mol. The van der Waals surface area contributed by atoms with Crippen molar-refractivity contribution < 1.29 is 22.0 Å². The molecule has 0 atom stereocenters. The number of hydrogen-bond donors (Lipinski definition) is 4. The summed E-state index contributed by atoms with van der Waals surface area (Å²) in [7, 11) is -4.61. The molecular weight excluding hydrogens is 132 g/mol. The average Bonchev–Trinajstić information content (AvgIpc) is 0.722. The van der Waals surface area contributed by atoms with Crippen LogP contribution in [0.1, 0.15) is 2.85 Å². The fourth-order valence-electron chi connectivity index (χ4n) is 0. The molecule has 0 aromatic carbocycles. The van der Waals surface area contributed by atoms with Crippen molar-refractivity contribution in [1.29, 1.82) is 0 Å². The van der Waals surface area contributed by atoms with E-state index in [1.165, 1.54) is 0 Å². The molecule has 0 saturated heterocycles. The summed E-state index contributed by atoms with van der Waals surface area (Å²) in [5.41, 5.74) is 0. The van der Waals surface area contributed by atoms with Gasteiger partial charge >= 0.3 is 46.8 Å². The minimum Gasteiger partial charge on any atom is -1.00 e. The first kappa shape index (κ1) is 10.3. The van der Waals surface area contributed by atoms with Gasteiger partial charge in [0.25, 0.3) is 0 Å². The molecular formula is H6CaO4Si. The van der Waals surface area contributed by atoms with Crippen LogP contribution in [0.15, 0.2) is 0 Å². The van der Waals surface area contributed by atoms with Crippen LogP contribution in [-0.2, 0) is 0 Å². The summed E-state index contributed by atoms with van der Waals surface area (Å²) in [5.74, 6) is 0. The Hall–Kier alpha value is 1.32. The zero-order valence-electron chi connectivity index (χ0n) is 5.00. The van der Waals surface area contributed by atoms with Gasteiger partial charge in [0.1, 0.15) is 0 Å². The van der Waals surface area contributed by atoms with Gasteiger partial charge in [-0.25, -0.2) is 0 Å². The molecule has 0 aromatic heterocycles. The topological polar surface area (TPSA) is 80.9 Å². The fraction of sp³-hybridized carbons (Fsp3) is 0. The summed E-state index contributed by atoms with van der Waals surface area (Å²) >= 11 is 0. The molecule has 6 heavy (non-hydrogen) atoms. The van der Waals surface area contributed by atoms with E-state index in [2.05, 4.69) is 0 Å². The van der Waals surface area contributed by atoms with E-state index < -0.39 is 9.05 Å². The molecule has 0 amide bonds. The van der Waals surface area contributed by atoms with E-state index in [0.29, 0.717) is 0 Å². The molecule has 0 aliphatic carbocycles. The molecule has 6 heteroatoms. The molecule has 36 valence electrons. The smallest absolute Gasteiger partial charge is 1.00 e. The third-order valence-electron chi connectivity index (χ3n) is 0. The maximum Gasteiger partial charge on any atom is 2.00 e. The maximum atomic E-state index is 7.33. The summed E-state index contributed by atoms with van der Waals surface area (Å²) in [4.78, 5) is 29.3. The summed E-state index contributed by atoms with van der Waals surface area (Å²) < 4.78 is 0. The Kier molecular flexibility index (Phi) is 5.74. The van der Waals surface area contributed by atoms with Gasteiger partial charge in [0.2, 0.25) is 0 Å². The second kappa shape index (κ2) is 3.34. The second-order valence-electron chi connectivity index (χ2n) is 0.600. The van der Waals surface area contributed by atoms with Gasteiger partial charge in [-0.15, -0.1) is 0 Å². The predicted octanol–water partition coefficient (Wildman–Crippen LogP) is -2.76. The molecule has 0 fully saturated rings. The Bertz CT molecular complexity index is 29.5. The summed E-state index contributed by atoms with van der Waals surface area (Å²) in [6.45, 7) is 0. The van der Waals surface area contributed by atoms with Crippen molar-refractivity contribution in [3.05, 3.63) is 0 Å². The Labute approximate surface area is 68.5 Å². The van der Waals surface area contributed by atoms with E-state index in [4.69, 9.17) is 19.2 Å². The number of rotatable bonds is 0. The molecule has 0 radical (unpaired) electrons. The van der Waals surface area contributed by atoms with Gasteiger partial charge in [-0.05, 0) is 0 Å². The van der Waals surface area contributed by atoms with Crippen molar-refractivity contribution in [1.82, 2.24) is 0 Å². The van der Waals surface area contributed by atoms with Crippen molar-refractivity contribution in [2.75, 3.05) is 0 Å². The van der Waals surface area contributed by atoms with Gasteiger partial charge in [-0.2, -0.15) is 0 Å². The molecule has 4 N–H and O–H groups in total. The van der Waals surface area contributed by atoms with Gasteiger partial charge in [0, 0.05) is 0 Å². The maximum absolute atomic E-state index is 7.33. The van der Waals surface area contributed by atoms with Gasteiger partial charge in [0.15, 0.2) is 0 Å². The van der Waals surface area contributed by atoms with Crippen LogP contribution in [-0.4, -0.2) is 66.0 Å². The minimum atomic E-state index is -4.61. The van der Waals surface area contributed by atoms with Gasteiger partial charge in [-0.1, -0.05) is 0 Å². The summed E-state index contributed by atoms with van der Waals surface area (Å²) in [6, 6.07) is 0. The quantitative estimate of drug-likeness (QED) is 0.273. The fourth-order valence-corrected chi connectivity index (χ4v) is 0. The number of hydrogen-bond acceptors (Lipinski definition) is 4. The first-order chi connectivity index (χ1) is 2.00. The standard InChI is InChI=1S/Ca.H4O4Si.2H/c;1-5(2,3)4;;/h;1-4H;;/q+2;;2*-1. The third-order valence-corrected chi connectivity index (χ3v) is 0.